The number of amides is 2. The number of urea groups is 1. The maximum atomic E-state index is 11.6. The molecule has 0 atom stereocenters. The number of nitrogens with zero attached hydrogens (tertiary/aromatic N) is 2. The van der Waals surface area contributed by atoms with Crippen LogP contribution in [0.5, 0.6) is 0 Å². The molecule has 1 aromatic rings. The second-order valence-corrected chi connectivity index (χ2v) is 3.71. The van der Waals surface area contributed by atoms with Crippen LogP contribution in [0, 0.1) is 0 Å². The average Bonchev–Trinajstić information content (AvgIpc) is 2.31. The lowest BCUT2D eigenvalue weighted by atomic mass is 10.2. The zero-order chi connectivity index (χ0) is 10.7. The number of hydrogen-bond acceptors (Lipinski definition) is 3. The van der Waals surface area contributed by atoms with Gasteiger partial charge in [-0.05, 0) is 6.07 Å². The molecule has 1 aromatic heterocycles. The molecule has 1 aliphatic heterocycles. The summed E-state index contributed by atoms with van der Waals surface area (Å²) in [6, 6.07) is 3.44. The monoisotopic (exact) mass is 207 g/mol. The number of primary amides is 1. The first-order chi connectivity index (χ1) is 7.26. The van der Waals surface area contributed by atoms with Crippen LogP contribution in [0.3, 0.4) is 0 Å². The molecule has 0 aliphatic carbocycles. The molecule has 3 N–H and O–H groups in total. The van der Waals surface area contributed by atoms with Crippen molar-refractivity contribution < 1.29 is 4.79 Å². The van der Waals surface area contributed by atoms with Crippen LogP contribution < -0.4 is 15.5 Å². The normalized spacial score (nSPS) is 19.7. The highest BCUT2D eigenvalue weighted by Crippen LogP contribution is 2.22. The molecule has 1 fully saturated rings. The molecule has 1 saturated heterocycles. The topological polar surface area (TPSA) is 68.0 Å². The molecule has 15 heavy (non-hydrogen) atoms. The van der Waals surface area contributed by atoms with Crippen LogP contribution in [-0.2, 0) is 0 Å². The van der Waals surface area contributed by atoms with Crippen molar-refractivity contribution in [3.63, 3.8) is 0 Å². The lowest BCUT2D eigenvalue weighted by molar-refractivity contribution is 0.200. The van der Waals surface area contributed by atoms with E-state index in [4.69, 9.17) is 5.73 Å². The number of pyridine rings is 1. The molecule has 5 nitrogen and oxygen atoms in total. The van der Waals surface area contributed by atoms with Gasteiger partial charge in [0.1, 0.15) is 13.1 Å². The molecular formula is C10H15N4O+. The minimum absolute atomic E-state index is 0.209. The highest BCUT2D eigenvalue weighted by Gasteiger charge is 2.38. The number of nitrogens with two attached hydrogens (primary N) is 1. The summed E-state index contributed by atoms with van der Waals surface area (Å²) in [6.45, 7) is 3.00. The minimum Gasteiger partial charge on any atom is -0.319 e. The third-order valence-electron chi connectivity index (χ3n) is 2.90. The largest absolute Gasteiger partial charge is 0.419 e. The Bertz CT molecular complexity index is 346. The lowest BCUT2D eigenvalue weighted by Crippen LogP contribution is -2.65. The van der Waals surface area contributed by atoms with Crippen molar-refractivity contribution in [2.75, 3.05) is 26.2 Å². The molecule has 2 rings (SSSR count). The Morgan fingerprint density at radius 1 is 1.47 bits per heavy atom. The van der Waals surface area contributed by atoms with Crippen LogP contribution in [0.1, 0.15) is 0 Å². The molecule has 0 aromatic carbocycles. The van der Waals surface area contributed by atoms with Crippen LogP contribution in [0.4, 0.5) is 10.5 Å². The number of rotatable bonds is 1. The van der Waals surface area contributed by atoms with E-state index in [9.17, 15) is 4.79 Å². The summed E-state index contributed by atoms with van der Waals surface area (Å²) >= 11 is 0. The van der Waals surface area contributed by atoms with E-state index in [0.29, 0.717) is 13.1 Å². The third kappa shape index (κ3) is 1.71. The summed E-state index contributed by atoms with van der Waals surface area (Å²) in [7, 11) is 0. The first kappa shape index (κ1) is 10.1. The fraction of sp³-hybridized carbons (Fsp3) is 0.400. The first-order valence-electron chi connectivity index (χ1n) is 5.04. The summed E-state index contributed by atoms with van der Waals surface area (Å²) in [5, 5.41) is 3.22. The van der Waals surface area contributed by atoms with Gasteiger partial charge in [0.05, 0.1) is 6.20 Å². The van der Waals surface area contributed by atoms with Gasteiger partial charge in [0.2, 0.25) is 0 Å². The van der Waals surface area contributed by atoms with Gasteiger partial charge in [0.15, 0.2) is 5.69 Å². The molecule has 0 radical (unpaired) electrons. The Morgan fingerprint density at radius 3 is 2.73 bits per heavy atom. The van der Waals surface area contributed by atoms with Gasteiger partial charge in [-0.1, -0.05) is 0 Å². The molecule has 0 spiro atoms. The van der Waals surface area contributed by atoms with Gasteiger partial charge in [-0.15, -0.1) is 0 Å². The number of quaternary nitrogens is 1. The van der Waals surface area contributed by atoms with Crippen molar-refractivity contribution in [2.45, 2.75) is 0 Å². The summed E-state index contributed by atoms with van der Waals surface area (Å²) in [5.74, 6) is 0. The van der Waals surface area contributed by atoms with Crippen molar-refractivity contribution in [1.29, 1.82) is 0 Å². The number of hydrogen-bond donors (Lipinski definition) is 2. The summed E-state index contributed by atoms with van der Waals surface area (Å²) < 4.78 is 0.209. The smallest absolute Gasteiger partial charge is 0.319 e. The Kier molecular flexibility index (Phi) is 2.66. The maximum absolute atomic E-state index is 11.6. The van der Waals surface area contributed by atoms with E-state index in [1.54, 1.807) is 12.4 Å². The predicted octanol–water partition coefficient (Wildman–Crippen LogP) is 0.0708. The van der Waals surface area contributed by atoms with Crippen molar-refractivity contribution in [3.8, 4) is 0 Å². The van der Waals surface area contributed by atoms with Gasteiger partial charge < -0.3 is 11.1 Å². The molecule has 0 bridgehead atoms. The number of carbonyl (C=O) groups excluding carboxylic acids is 1. The standard InChI is InChI=1S/C10H14N4O/c11-10(15)14(6-4-12-5-7-14)9-2-1-3-13-8-9/h1-3,8,12H,4-7H2,(H-,11,15)/p+1. The average molecular weight is 207 g/mol. The van der Waals surface area contributed by atoms with Gasteiger partial charge in [0.25, 0.3) is 0 Å². The fourth-order valence-corrected chi connectivity index (χ4v) is 1.99. The Balaban J connectivity index is 2.38. The summed E-state index contributed by atoms with van der Waals surface area (Å²) in [6.07, 6.45) is 3.42. The maximum Gasteiger partial charge on any atom is 0.419 e. The van der Waals surface area contributed by atoms with E-state index in [0.717, 1.165) is 18.8 Å². The van der Waals surface area contributed by atoms with E-state index in [1.165, 1.54) is 0 Å². The van der Waals surface area contributed by atoms with E-state index in [2.05, 4.69) is 10.3 Å². The zero-order valence-corrected chi connectivity index (χ0v) is 8.52. The Morgan fingerprint density at radius 2 is 2.20 bits per heavy atom. The van der Waals surface area contributed by atoms with E-state index in [1.807, 2.05) is 12.1 Å². The summed E-state index contributed by atoms with van der Waals surface area (Å²) in [5.41, 5.74) is 6.39. The first-order valence-corrected chi connectivity index (χ1v) is 5.04. The van der Waals surface area contributed by atoms with Gasteiger partial charge in [-0.25, -0.2) is 9.28 Å². The highest BCUT2D eigenvalue weighted by molar-refractivity contribution is 5.85. The van der Waals surface area contributed by atoms with Crippen LogP contribution >= 0.6 is 0 Å². The quantitative estimate of drug-likeness (QED) is 0.640. The minimum atomic E-state index is -0.301. The number of piperazine rings is 1. The van der Waals surface area contributed by atoms with Gasteiger partial charge in [0, 0.05) is 25.4 Å². The second kappa shape index (κ2) is 3.96. The number of nitrogens with one attached hydrogen (secondary N) is 1. The SMILES string of the molecule is NC(=O)[N+]1(c2cccnc2)CCNCC1. The van der Waals surface area contributed by atoms with Gasteiger partial charge >= 0.3 is 6.03 Å². The van der Waals surface area contributed by atoms with E-state index in [-0.39, 0.29) is 10.5 Å². The highest BCUT2D eigenvalue weighted by atomic mass is 16.2. The predicted molar refractivity (Wildman–Crippen MR) is 58.2 cm³/mol. The Labute approximate surface area is 88.5 Å². The summed E-state index contributed by atoms with van der Waals surface area (Å²) in [4.78, 5) is 15.7. The van der Waals surface area contributed by atoms with Crippen molar-refractivity contribution in [2.24, 2.45) is 5.73 Å². The van der Waals surface area contributed by atoms with Gasteiger partial charge in [-0.2, -0.15) is 0 Å². The molecule has 0 saturated carbocycles. The zero-order valence-electron chi connectivity index (χ0n) is 8.52. The van der Waals surface area contributed by atoms with Crippen LogP contribution in [0.2, 0.25) is 0 Å². The Hall–Kier alpha value is -1.46. The molecule has 2 amide bonds. The molecular weight excluding hydrogens is 192 g/mol. The van der Waals surface area contributed by atoms with Crippen molar-refractivity contribution in [3.05, 3.63) is 24.5 Å². The van der Waals surface area contributed by atoms with Crippen LogP contribution in [-0.4, -0.2) is 37.2 Å². The van der Waals surface area contributed by atoms with Gasteiger partial charge in [-0.3, -0.25) is 4.98 Å². The van der Waals surface area contributed by atoms with Crippen LogP contribution in [0.15, 0.2) is 24.5 Å². The molecule has 1 aliphatic rings. The van der Waals surface area contributed by atoms with Crippen LogP contribution in [0.25, 0.3) is 0 Å². The number of aromatic nitrogens is 1. The molecule has 2 heterocycles. The van der Waals surface area contributed by atoms with Crippen molar-refractivity contribution >= 4 is 11.7 Å². The molecule has 0 unspecified atom stereocenters. The second-order valence-electron chi connectivity index (χ2n) is 3.71. The fourth-order valence-electron chi connectivity index (χ4n) is 1.99. The molecule has 80 valence electrons. The molecule has 5 heteroatoms. The van der Waals surface area contributed by atoms with E-state index >= 15 is 0 Å². The number of carbonyl (C=O) groups is 1. The van der Waals surface area contributed by atoms with E-state index < -0.39 is 0 Å². The third-order valence-corrected chi connectivity index (χ3v) is 2.90. The van der Waals surface area contributed by atoms with Crippen molar-refractivity contribution in [1.82, 2.24) is 14.8 Å². The lowest BCUT2D eigenvalue weighted by Gasteiger charge is -2.36.